The molecule has 7 heteroatoms. The standard InChI is InChI=1S/C29H38N4S.Cl2/c1-21-31-27-8-3-4-9-28(27)33(21)25-19-23-10-11-24(20-25)32(23)17-14-29(12-15-30-16-13-29)22-6-5-7-26(18-22)34-2;1-2/h3-9,18,23-25,30H,10-17,19-20H2,1-2H3;/t23-,24+,25?;. The van der Waals surface area contributed by atoms with E-state index in [0.717, 1.165) is 30.7 Å². The lowest BCUT2D eigenvalue weighted by molar-refractivity contribution is 0.0929. The van der Waals surface area contributed by atoms with E-state index in [9.17, 15) is 0 Å². The maximum Gasteiger partial charge on any atom is 0.106 e. The molecule has 2 bridgehead atoms. The number of aromatic nitrogens is 2. The molecule has 2 aromatic carbocycles. The number of hydrogen-bond acceptors (Lipinski definition) is 4. The molecule has 1 aromatic heterocycles. The van der Waals surface area contributed by atoms with Crippen molar-refractivity contribution in [3.05, 3.63) is 59.9 Å². The predicted octanol–water partition coefficient (Wildman–Crippen LogP) is 7.33. The maximum absolute atomic E-state index is 4.87. The highest BCUT2D eigenvalue weighted by Gasteiger charge is 2.43. The highest BCUT2D eigenvalue weighted by molar-refractivity contribution is 7.98. The number of nitrogens with zero attached hydrogens (tertiary/aromatic N) is 3. The van der Waals surface area contributed by atoms with E-state index in [0.29, 0.717) is 11.5 Å². The highest BCUT2D eigenvalue weighted by atomic mass is 36.5. The molecule has 3 atom stereocenters. The van der Waals surface area contributed by atoms with Crippen molar-refractivity contribution in [2.75, 3.05) is 25.9 Å². The molecule has 0 saturated carbocycles. The van der Waals surface area contributed by atoms with E-state index in [1.165, 1.54) is 67.7 Å². The van der Waals surface area contributed by atoms with Gasteiger partial charge in [0.2, 0.25) is 0 Å². The molecule has 0 aliphatic carbocycles. The van der Waals surface area contributed by atoms with Gasteiger partial charge in [-0.15, -0.1) is 11.8 Å². The van der Waals surface area contributed by atoms with Crippen LogP contribution in [-0.4, -0.2) is 52.4 Å². The summed E-state index contributed by atoms with van der Waals surface area (Å²) in [7, 11) is 8.22. The van der Waals surface area contributed by atoms with Gasteiger partial charge in [-0.2, -0.15) is 0 Å². The highest BCUT2D eigenvalue weighted by Crippen LogP contribution is 2.44. The van der Waals surface area contributed by atoms with Gasteiger partial charge in [0.25, 0.3) is 0 Å². The Balaban J connectivity index is 0.00000130. The van der Waals surface area contributed by atoms with Crippen LogP contribution in [0.4, 0.5) is 0 Å². The lowest BCUT2D eigenvalue weighted by Crippen LogP contribution is -2.47. The van der Waals surface area contributed by atoms with Crippen LogP contribution in [0, 0.1) is 6.92 Å². The second-order valence-corrected chi connectivity index (χ2v) is 11.7. The van der Waals surface area contributed by atoms with Crippen molar-refractivity contribution in [1.29, 1.82) is 0 Å². The summed E-state index contributed by atoms with van der Waals surface area (Å²) in [5.74, 6) is 1.18. The molecular weight excluding hydrogens is 507 g/mol. The number of hydrogen-bond donors (Lipinski definition) is 1. The van der Waals surface area contributed by atoms with E-state index in [-0.39, 0.29) is 0 Å². The Morgan fingerprint density at radius 1 is 1.00 bits per heavy atom. The predicted molar refractivity (Wildman–Crippen MR) is 155 cm³/mol. The van der Waals surface area contributed by atoms with Crippen molar-refractivity contribution in [2.45, 2.75) is 80.3 Å². The lowest BCUT2D eigenvalue weighted by atomic mass is 9.70. The summed E-state index contributed by atoms with van der Waals surface area (Å²) in [6.45, 7) is 5.73. The minimum Gasteiger partial charge on any atom is -0.325 e. The normalized spacial score (nSPS) is 25.5. The minimum absolute atomic E-state index is 0.324. The Morgan fingerprint density at radius 2 is 1.72 bits per heavy atom. The van der Waals surface area contributed by atoms with Crippen LogP contribution in [0.2, 0.25) is 0 Å². The molecule has 3 saturated heterocycles. The Labute approximate surface area is 229 Å². The average Bonchev–Trinajstić information content (AvgIpc) is 3.39. The van der Waals surface area contributed by atoms with Gasteiger partial charge >= 0.3 is 0 Å². The van der Waals surface area contributed by atoms with Crippen LogP contribution in [0.5, 0.6) is 0 Å². The van der Waals surface area contributed by atoms with E-state index in [2.05, 4.69) is 98.2 Å². The summed E-state index contributed by atoms with van der Waals surface area (Å²) < 4.78 is 2.56. The van der Waals surface area contributed by atoms with Gasteiger partial charge in [0.1, 0.15) is 5.82 Å². The van der Waals surface area contributed by atoms with Crippen molar-refractivity contribution >= 4 is 44.5 Å². The SMILES string of the molecule is CSc1cccc(C2(CCN3[C@@H]4CC[C@H]3CC(n3c(C)nc5ccccc53)C4)CCNCC2)c1.ClCl. The molecule has 1 N–H and O–H groups in total. The van der Waals surface area contributed by atoms with Gasteiger partial charge in [0.05, 0.1) is 11.0 Å². The number of nitrogens with one attached hydrogen (secondary N) is 1. The summed E-state index contributed by atoms with van der Waals surface area (Å²) in [6, 6.07) is 20.1. The van der Waals surface area contributed by atoms with Gasteiger partial charge in [0.15, 0.2) is 0 Å². The molecule has 3 aliphatic heterocycles. The molecular formula is C29H38Cl2N4S. The molecule has 194 valence electrons. The third-order valence-corrected chi connectivity index (χ3v) is 9.81. The second-order valence-electron chi connectivity index (χ2n) is 10.8. The van der Waals surface area contributed by atoms with Crippen molar-refractivity contribution in [2.24, 2.45) is 0 Å². The zero-order valence-corrected chi connectivity index (χ0v) is 23.8. The van der Waals surface area contributed by atoms with Crippen molar-refractivity contribution in [1.82, 2.24) is 19.8 Å². The maximum atomic E-state index is 4.87. The topological polar surface area (TPSA) is 33.1 Å². The Bertz CT molecular complexity index is 1150. The Morgan fingerprint density at radius 3 is 2.44 bits per heavy atom. The van der Waals surface area contributed by atoms with Gasteiger partial charge in [0, 0.05) is 44.7 Å². The molecule has 0 radical (unpaired) electrons. The van der Waals surface area contributed by atoms with Crippen LogP contribution in [0.3, 0.4) is 0 Å². The third kappa shape index (κ3) is 5.07. The summed E-state index contributed by atoms with van der Waals surface area (Å²) in [5, 5.41) is 3.62. The first-order chi connectivity index (χ1) is 17.7. The number of para-hydroxylation sites is 2. The third-order valence-electron chi connectivity index (χ3n) is 9.09. The number of benzene rings is 2. The van der Waals surface area contributed by atoms with Crippen LogP contribution < -0.4 is 5.32 Å². The lowest BCUT2D eigenvalue weighted by Gasteiger charge is -2.44. The fourth-order valence-corrected chi connectivity index (χ4v) is 7.79. The molecule has 36 heavy (non-hydrogen) atoms. The molecule has 3 fully saturated rings. The van der Waals surface area contributed by atoms with Gasteiger partial charge in [-0.05, 0) is 113 Å². The summed E-state index contributed by atoms with van der Waals surface area (Å²) in [6.07, 6.45) is 11.3. The van der Waals surface area contributed by atoms with E-state index in [1.807, 2.05) is 11.8 Å². The summed E-state index contributed by atoms with van der Waals surface area (Å²) >= 11 is 1.87. The Kier molecular flexibility index (Phi) is 8.54. The van der Waals surface area contributed by atoms with E-state index < -0.39 is 0 Å². The minimum atomic E-state index is 0.324. The van der Waals surface area contributed by atoms with Gasteiger partial charge in [-0.1, -0.05) is 24.3 Å². The molecule has 0 amide bonds. The molecule has 0 spiro atoms. The summed E-state index contributed by atoms with van der Waals surface area (Å²) in [5.41, 5.74) is 4.36. The van der Waals surface area contributed by atoms with E-state index >= 15 is 0 Å². The van der Waals surface area contributed by atoms with Crippen molar-refractivity contribution < 1.29 is 0 Å². The zero-order valence-electron chi connectivity index (χ0n) is 21.4. The molecule has 6 rings (SSSR count). The second kappa shape index (κ2) is 11.7. The average molecular weight is 546 g/mol. The summed E-state index contributed by atoms with van der Waals surface area (Å²) in [4.78, 5) is 9.19. The quantitative estimate of drug-likeness (QED) is 0.329. The smallest absolute Gasteiger partial charge is 0.106 e. The fourth-order valence-electron chi connectivity index (χ4n) is 7.33. The number of thioether (sulfide) groups is 1. The first-order valence-electron chi connectivity index (χ1n) is 13.4. The van der Waals surface area contributed by atoms with Crippen molar-refractivity contribution in [3.63, 3.8) is 0 Å². The number of piperidine rings is 2. The number of rotatable bonds is 6. The first kappa shape index (κ1) is 26.4. The number of halogens is 2. The van der Waals surface area contributed by atoms with Gasteiger partial charge in [-0.25, -0.2) is 4.98 Å². The number of imidazole rings is 1. The Hall–Kier alpha value is -1.24. The van der Waals surface area contributed by atoms with Gasteiger partial charge < -0.3 is 9.88 Å². The number of fused-ring (bicyclic) bond motifs is 3. The van der Waals surface area contributed by atoms with E-state index in [1.54, 1.807) is 5.56 Å². The van der Waals surface area contributed by atoms with E-state index in [4.69, 9.17) is 4.98 Å². The molecule has 4 nitrogen and oxygen atoms in total. The molecule has 4 heterocycles. The zero-order chi connectivity index (χ0) is 25.1. The van der Waals surface area contributed by atoms with Gasteiger partial charge in [-0.3, -0.25) is 4.90 Å². The number of aryl methyl sites for hydroxylation is 1. The monoisotopic (exact) mass is 544 g/mol. The molecule has 3 aliphatic rings. The van der Waals surface area contributed by atoms with Crippen LogP contribution in [0.1, 0.15) is 62.4 Å². The van der Waals surface area contributed by atoms with Crippen LogP contribution in [-0.2, 0) is 5.41 Å². The molecule has 1 unspecified atom stereocenters. The van der Waals surface area contributed by atoms with Crippen molar-refractivity contribution in [3.8, 4) is 0 Å². The van der Waals surface area contributed by atoms with Crippen LogP contribution >= 0.6 is 33.5 Å². The van der Waals surface area contributed by atoms with Crippen LogP contribution in [0.15, 0.2) is 53.4 Å². The fraction of sp³-hybridized carbons (Fsp3) is 0.552. The van der Waals surface area contributed by atoms with Crippen LogP contribution in [0.25, 0.3) is 11.0 Å². The molecule has 3 aromatic rings. The largest absolute Gasteiger partial charge is 0.325 e. The first-order valence-corrected chi connectivity index (χ1v) is 15.7.